The Hall–Kier alpha value is -2.11. The highest BCUT2D eigenvalue weighted by Gasteiger charge is 2.33. The summed E-state index contributed by atoms with van der Waals surface area (Å²) in [5, 5.41) is 0. The molecule has 1 aromatic heterocycles. The molecule has 0 bridgehead atoms. The van der Waals surface area contributed by atoms with Gasteiger partial charge in [-0.25, -0.2) is 0 Å². The Labute approximate surface area is 122 Å². The number of nitrogens with one attached hydrogen (secondary N) is 1. The first kappa shape index (κ1) is 13.9. The van der Waals surface area contributed by atoms with Crippen molar-refractivity contribution in [1.29, 1.82) is 0 Å². The van der Waals surface area contributed by atoms with Crippen LogP contribution in [0.25, 0.3) is 0 Å². The number of aromatic nitrogens is 1. The average molecular weight is 289 g/mol. The van der Waals surface area contributed by atoms with E-state index in [1.165, 1.54) is 31.2 Å². The summed E-state index contributed by atoms with van der Waals surface area (Å²) in [6.07, 6.45) is 5.95. The number of carbonyl (C=O) groups excluding carboxylic acids is 2. The predicted molar refractivity (Wildman–Crippen MR) is 76.9 cm³/mol. The number of carbonyl (C=O) groups is 2. The SMILES string of the molecule is O=C(c1ccc(=O)[nH]c1)N1CCN(C2CCCC2)C(=O)C1. The molecule has 1 saturated carbocycles. The van der Waals surface area contributed by atoms with Gasteiger partial charge in [0.25, 0.3) is 5.91 Å². The third kappa shape index (κ3) is 2.84. The van der Waals surface area contributed by atoms with Crippen molar-refractivity contribution in [3.8, 4) is 0 Å². The highest BCUT2D eigenvalue weighted by Crippen LogP contribution is 2.25. The van der Waals surface area contributed by atoms with Crippen molar-refractivity contribution in [3.63, 3.8) is 0 Å². The number of H-pyrrole nitrogens is 1. The fraction of sp³-hybridized carbons (Fsp3) is 0.533. The van der Waals surface area contributed by atoms with Gasteiger partial charge >= 0.3 is 0 Å². The molecule has 1 saturated heterocycles. The molecule has 1 aliphatic heterocycles. The summed E-state index contributed by atoms with van der Waals surface area (Å²) in [4.78, 5) is 41.6. The van der Waals surface area contributed by atoms with E-state index in [0.717, 1.165) is 12.8 Å². The number of pyridine rings is 1. The fourth-order valence-electron chi connectivity index (χ4n) is 3.19. The lowest BCUT2D eigenvalue weighted by Gasteiger charge is -2.37. The second kappa shape index (κ2) is 5.71. The first-order valence-corrected chi connectivity index (χ1v) is 7.42. The maximum Gasteiger partial charge on any atom is 0.255 e. The van der Waals surface area contributed by atoms with Crippen molar-refractivity contribution < 1.29 is 9.59 Å². The quantitative estimate of drug-likeness (QED) is 0.866. The summed E-state index contributed by atoms with van der Waals surface area (Å²) in [7, 11) is 0. The number of rotatable bonds is 2. The van der Waals surface area contributed by atoms with E-state index in [1.54, 1.807) is 4.90 Å². The van der Waals surface area contributed by atoms with E-state index in [1.807, 2.05) is 4.90 Å². The van der Waals surface area contributed by atoms with E-state index in [0.29, 0.717) is 24.7 Å². The monoisotopic (exact) mass is 289 g/mol. The molecule has 0 unspecified atom stereocenters. The minimum absolute atomic E-state index is 0.0333. The van der Waals surface area contributed by atoms with E-state index in [9.17, 15) is 14.4 Å². The van der Waals surface area contributed by atoms with Gasteiger partial charge < -0.3 is 14.8 Å². The molecule has 21 heavy (non-hydrogen) atoms. The van der Waals surface area contributed by atoms with Crippen LogP contribution in [0, 0.1) is 0 Å². The van der Waals surface area contributed by atoms with Gasteiger partial charge in [0.05, 0.1) is 5.56 Å². The second-order valence-corrected chi connectivity index (χ2v) is 5.69. The van der Waals surface area contributed by atoms with Gasteiger partial charge in [0, 0.05) is 31.4 Å². The van der Waals surface area contributed by atoms with Crippen LogP contribution in [0.1, 0.15) is 36.0 Å². The summed E-state index contributed by atoms with van der Waals surface area (Å²) in [6.45, 7) is 1.30. The maximum atomic E-state index is 12.3. The lowest BCUT2D eigenvalue weighted by atomic mass is 10.1. The predicted octanol–water partition coefficient (Wildman–Crippen LogP) is 0.602. The maximum absolute atomic E-state index is 12.3. The number of amides is 2. The molecule has 6 heteroatoms. The van der Waals surface area contributed by atoms with Gasteiger partial charge in [-0.1, -0.05) is 12.8 Å². The molecule has 0 spiro atoms. The van der Waals surface area contributed by atoms with Crippen LogP contribution in [0.3, 0.4) is 0 Å². The van der Waals surface area contributed by atoms with Crippen molar-refractivity contribution >= 4 is 11.8 Å². The van der Waals surface area contributed by atoms with E-state index in [4.69, 9.17) is 0 Å². The number of aromatic amines is 1. The highest BCUT2D eigenvalue weighted by molar-refractivity contribution is 5.96. The topological polar surface area (TPSA) is 73.5 Å². The summed E-state index contributed by atoms with van der Waals surface area (Å²) >= 11 is 0. The van der Waals surface area contributed by atoms with Gasteiger partial charge in [0.15, 0.2) is 0 Å². The lowest BCUT2D eigenvalue weighted by Crippen LogP contribution is -2.54. The van der Waals surface area contributed by atoms with Crippen LogP contribution < -0.4 is 5.56 Å². The van der Waals surface area contributed by atoms with Crippen LogP contribution in [0.2, 0.25) is 0 Å². The van der Waals surface area contributed by atoms with Crippen LogP contribution in [-0.4, -0.2) is 52.3 Å². The van der Waals surface area contributed by atoms with Gasteiger partial charge in [-0.15, -0.1) is 0 Å². The van der Waals surface area contributed by atoms with E-state index in [-0.39, 0.29) is 23.9 Å². The summed E-state index contributed by atoms with van der Waals surface area (Å²) in [5.41, 5.74) is 0.172. The zero-order chi connectivity index (χ0) is 14.8. The van der Waals surface area contributed by atoms with Crippen molar-refractivity contribution in [2.45, 2.75) is 31.7 Å². The molecule has 3 rings (SSSR count). The Kier molecular flexibility index (Phi) is 3.77. The molecule has 0 atom stereocenters. The fourth-order valence-corrected chi connectivity index (χ4v) is 3.19. The van der Waals surface area contributed by atoms with Crippen LogP contribution in [0.15, 0.2) is 23.1 Å². The zero-order valence-electron chi connectivity index (χ0n) is 11.9. The van der Waals surface area contributed by atoms with Gasteiger partial charge in [-0.3, -0.25) is 14.4 Å². The average Bonchev–Trinajstić information content (AvgIpc) is 3.01. The Morgan fingerprint density at radius 1 is 1.14 bits per heavy atom. The first-order valence-electron chi connectivity index (χ1n) is 7.42. The number of hydrogen-bond acceptors (Lipinski definition) is 3. The third-order valence-corrected chi connectivity index (χ3v) is 4.34. The number of nitrogens with zero attached hydrogens (tertiary/aromatic N) is 2. The molecular formula is C15H19N3O3. The highest BCUT2D eigenvalue weighted by atomic mass is 16.2. The summed E-state index contributed by atoms with van der Waals surface area (Å²) in [5.74, 6) is -0.170. The number of piperazine rings is 1. The van der Waals surface area contributed by atoms with Crippen LogP contribution in [0.5, 0.6) is 0 Å². The minimum Gasteiger partial charge on any atom is -0.336 e. The van der Waals surface area contributed by atoms with Crippen molar-refractivity contribution in [1.82, 2.24) is 14.8 Å². The smallest absolute Gasteiger partial charge is 0.255 e. The molecule has 6 nitrogen and oxygen atoms in total. The Balaban J connectivity index is 1.66. The van der Waals surface area contributed by atoms with Crippen LogP contribution in [0.4, 0.5) is 0 Å². The van der Waals surface area contributed by atoms with E-state index in [2.05, 4.69) is 4.98 Å². The van der Waals surface area contributed by atoms with Gasteiger partial charge in [-0.05, 0) is 18.9 Å². The standard InChI is InChI=1S/C15H19N3O3/c19-13-6-5-11(9-16-13)15(21)17-7-8-18(14(20)10-17)12-3-1-2-4-12/h5-6,9,12H,1-4,7-8,10H2,(H,16,19). The zero-order valence-corrected chi connectivity index (χ0v) is 11.9. The molecule has 112 valence electrons. The Morgan fingerprint density at radius 3 is 2.52 bits per heavy atom. The lowest BCUT2D eigenvalue weighted by molar-refractivity contribution is -0.137. The summed E-state index contributed by atoms with van der Waals surface area (Å²) in [6, 6.07) is 3.18. The molecule has 2 amide bonds. The Morgan fingerprint density at radius 2 is 1.90 bits per heavy atom. The van der Waals surface area contributed by atoms with Crippen molar-refractivity contribution in [2.24, 2.45) is 0 Å². The van der Waals surface area contributed by atoms with Crippen LogP contribution in [-0.2, 0) is 4.79 Å². The van der Waals surface area contributed by atoms with Crippen molar-refractivity contribution in [3.05, 3.63) is 34.2 Å². The molecule has 0 radical (unpaired) electrons. The van der Waals surface area contributed by atoms with Gasteiger partial charge in [0.2, 0.25) is 11.5 Å². The first-order chi connectivity index (χ1) is 10.1. The molecule has 2 aliphatic rings. The normalized spacial score (nSPS) is 20.1. The number of hydrogen-bond donors (Lipinski definition) is 1. The van der Waals surface area contributed by atoms with Gasteiger partial charge in [-0.2, -0.15) is 0 Å². The summed E-state index contributed by atoms with van der Waals surface area (Å²) < 4.78 is 0. The van der Waals surface area contributed by atoms with E-state index < -0.39 is 0 Å². The minimum atomic E-state index is -0.242. The molecule has 1 N–H and O–H groups in total. The molecule has 2 heterocycles. The van der Waals surface area contributed by atoms with Crippen molar-refractivity contribution in [2.75, 3.05) is 19.6 Å². The molecule has 1 aromatic rings. The Bertz CT molecular complexity index is 584. The molecule has 1 aliphatic carbocycles. The molecule has 0 aromatic carbocycles. The van der Waals surface area contributed by atoms with E-state index >= 15 is 0 Å². The van der Waals surface area contributed by atoms with Crippen LogP contribution >= 0.6 is 0 Å². The third-order valence-electron chi connectivity index (χ3n) is 4.34. The molecular weight excluding hydrogens is 270 g/mol. The second-order valence-electron chi connectivity index (χ2n) is 5.69. The largest absolute Gasteiger partial charge is 0.336 e. The molecule has 2 fully saturated rings. The van der Waals surface area contributed by atoms with Gasteiger partial charge in [0.1, 0.15) is 6.54 Å².